The third-order valence-electron chi connectivity index (χ3n) is 3.62. The summed E-state index contributed by atoms with van der Waals surface area (Å²) in [4.78, 5) is 52.7. The van der Waals surface area contributed by atoms with Gasteiger partial charge in [0.1, 0.15) is 5.75 Å². The molecule has 0 spiro atoms. The van der Waals surface area contributed by atoms with Crippen molar-refractivity contribution in [3.05, 3.63) is 88.8 Å². The van der Waals surface area contributed by atoms with Gasteiger partial charge in [-0.2, -0.15) is 0 Å². The number of aromatic amines is 4. The van der Waals surface area contributed by atoms with Crippen LogP contribution in [-0.2, 0) is 0 Å². The molecule has 2 heterocycles. The van der Waals surface area contributed by atoms with Crippen LogP contribution in [0.3, 0.4) is 0 Å². The Hall–Kier alpha value is -3.62. The highest BCUT2D eigenvalue weighted by Crippen LogP contribution is 2.26. The van der Waals surface area contributed by atoms with Gasteiger partial charge in [0.2, 0.25) is 5.88 Å². The smallest absolute Gasteiger partial charge is 0.328 e. The topological polar surface area (TPSA) is 141 Å². The maximum atomic E-state index is 11.9. The lowest BCUT2D eigenvalue weighted by molar-refractivity contribution is 0.446. The molecule has 0 amide bonds. The number of aromatic nitrogens is 4. The molecule has 9 nitrogen and oxygen atoms in total. The monoisotopic (exact) mass is 386 g/mol. The van der Waals surface area contributed by atoms with Crippen molar-refractivity contribution >= 4 is 0 Å². The van der Waals surface area contributed by atoms with Gasteiger partial charge in [0.05, 0.1) is 5.56 Å². The molecule has 4 N–H and O–H groups in total. The highest BCUT2D eigenvalue weighted by atomic mass is 16.5. The first kappa shape index (κ1) is 20.7. The van der Waals surface area contributed by atoms with Gasteiger partial charge in [-0.05, 0) is 43.0 Å². The van der Waals surface area contributed by atoms with E-state index >= 15 is 0 Å². The van der Waals surface area contributed by atoms with Crippen molar-refractivity contribution in [2.75, 3.05) is 0 Å². The molecular formula is C19H22N4O5. The lowest BCUT2D eigenvalue weighted by atomic mass is 10.1. The van der Waals surface area contributed by atoms with E-state index in [1.165, 1.54) is 12.3 Å². The van der Waals surface area contributed by atoms with Crippen LogP contribution in [0.2, 0.25) is 0 Å². The second-order valence-corrected chi connectivity index (χ2v) is 6.53. The van der Waals surface area contributed by atoms with E-state index in [-0.39, 0.29) is 17.4 Å². The Labute approximate surface area is 159 Å². The molecule has 0 aliphatic heterocycles. The number of hydrogen-bond donors (Lipinski definition) is 4. The van der Waals surface area contributed by atoms with Crippen molar-refractivity contribution in [1.29, 1.82) is 0 Å². The van der Waals surface area contributed by atoms with E-state index in [9.17, 15) is 19.2 Å². The minimum absolute atomic E-state index is 0.0588. The van der Waals surface area contributed by atoms with E-state index < -0.39 is 16.9 Å². The molecule has 0 unspecified atom stereocenters. The summed E-state index contributed by atoms with van der Waals surface area (Å²) in [6.07, 6.45) is 1.29. The fourth-order valence-electron chi connectivity index (χ4n) is 2.57. The van der Waals surface area contributed by atoms with Crippen molar-refractivity contribution in [2.45, 2.75) is 33.6 Å². The standard InChI is InChI=1S/C15H18N2O3.C4H4N2O2/c1-8(2)12-13(18)16-15(19)17-14(12)20-11-6-9(3)5-10(4)7-11;7-3-1-2-5-4(8)6-3/h5-8H,1-4H3,(H2,16,17,18,19);1-2H,(H2,5,6,7,8). The molecular weight excluding hydrogens is 364 g/mol. The Morgan fingerprint density at radius 3 is 2.00 bits per heavy atom. The summed E-state index contributed by atoms with van der Waals surface area (Å²) in [7, 11) is 0. The maximum absolute atomic E-state index is 11.9. The Balaban J connectivity index is 0.000000292. The summed E-state index contributed by atoms with van der Waals surface area (Å²) in [6, 6.07) is 6.98. The van der Waals surface area contributed by atoms with Gasteiger partial charge < -0.3 is 9.72 Å². The van der Waals surface area contributed by atoms with Crippen LogP contribution in [0, 0.1) is 13.8 Å². The van der Waals surface area contributed by atoms with Gasteiger partial charge in [0, 0.05) is 12.3 Å². The average molecular weight is 386 g/mol. The Kier molecular flexibility index (Phi) is 6.54. The zero-order valence-electron chi connectivity index (χ0n) is 16.0. The predicted octanol–water partition coefficient (Wildman–Crippen LogP) is 1.66. The van der Waals surface area contributed by atoms with Crippen LogP contribution in [-0.4, -0.2) is 19.9 Å². The van der Waals surface area contributed by atoms with E-state index in [0.29, 0.717) is 11.3 Å². The van der Waals surface area contributed by atoms with Crippen LogP contribution in [0.25, 0.3) is 0 Å². The minimum Gasteiger partial charge on any atom is -0.440 e. The van der Waals surface area contributed by atoms with E-state index in [0.717, 1.165) is 11.1 Å². The van der Waals surface area contributed by atoms with Gasteiger partial charge in [-0.15, -0.1) is 0 Å². The summed E-state index contributed by atoms with van der Waals surface area (Å²) in [5.74, 6) is 0.751. The van der Waals surface area contributed by atoms with Gasteiger partial charge in [-0.1, -0.05) is 19.9 Å². The average Bonchev–Trinajstić information content (AvgIpc) is 2.53. The molecule has 3 aromatic rings. The van der Waals surface area contributed by atoms with Crippen LogP contribution in [0.4, 0.5) is 0 Å². The molecule has 0 aliphatic carbocycles. The summed E-state index contributed by atoms with van der Waals surface area (Å²) in [6.45, 7) is 7.67. The Morgan fingerprint density at radius 1 is 0.857 bits per heavy atom. The van der Waals surface area contributed by atoms with Crippen molar-refractivity contribution in [3.63, 3.8) is 0 Å². The predicted molar refractivity (Wildman–Crippen MR) is 105 cm³/mol. The van der Waals surface area contributed by atoms with Crippen LogP contribution in [0.5, 0.6) is 11.6 Å². The van der Waals surface area contributed by atoms with Crippen LogP contribution in [0.15, 0.2) is 49.6 Å². The third-order valence-corrected chi connectivity index (χ3v) is 3.62. The maximum Gasteiger partial charge on any atom is 0.328 e. The molecule has 1 aromatic carbocycles. The number of nitrogens with one attached hydrogen (secondary N) is 4. The molecule has 0 saturated heterocycles. The van der Waals surface area contributed by atoms with Crippen molar-refractivity contribution < 1.29 is 4.74 Å². The van der Waals surface area contributed by atoms with Gasteiger partial charge in [-0.25, -0.2) is 9.59 Å². The van der Waals surface area contributed by atoms with Gasteiger partial charge in [-0.3, -0.25) is 24.5 Å². The van der Waals surface area contributed by atoms with Crippen molar-refractivity contribution in [2.24, 2.45) is 0 Å². The van der Waals surface area contributed by atoms with Crippen LogP contribution >= 0.6 is 0 Å². The van der Waals surface area contributed by atoms with E-state index in [1.54, 1.807) is 0 Å². The Morgan fingerprint density at radius 2 is 1.50 bits per heavy atom. The first-order valence-corrected chi connectivity index (χ1v) is 8.56. The molecule has 0 aliphatic rings. The number of hydrogen-bond acceptors (Lipinski definition) is 5. The highest BCUT2D eigenvalue weighted by molar-refractivity contribution is 5.37. The molecule has 28 heavy (non-hydrogen) atoms. The van der Waals surface area contributed by atoms with Gasteiger partial charge >= 0.3 is 11.4 Å². The molecule has 2 aromatic heterocycles. The second-order valence-electron chi connectivity index (χ2n) is 6.53. The summed E-state index contributed by atoms with van der Waals surface area (Å²) in [5, 5.41) is 0. The second kappa shape index (κ2) is 8.85. The molecule has 0 fully saturated rings. The number of H-pyrrole nitrogens is 4. The quantitative estimate of drug-likeness (QED) is 0.542. The SMILES string of the molecule is Cc1cc(C)cc(Oc2[nH]c(=O)[nH]c(=O)c2C(C)C)c1.O=c1cc[nH]c(=O)[nH]1. The zero-order valence-corrected chi connectivity index (χ0v) is 16.0. The lowest BCUT2D eigenvalue weighted by Crippen LogP contribution is -2.26. The molecule has 0 radical (unpaired) electrons. The normalized spacial score (nSPS) is 10.3. The first-order chi connectivity index (χ1) is 13.2. The summed E-state index contributed by atoms with van der Waals surface area (Å²) in [5.41, 5.74) is 0.702. The molecule has 0 bridgehead atoms. The molecule has 9 heteroatoms. The highest BCUT2D eigenvalue weighted by Gasteiger charge is 2.15. The Bertz CT molecular complexity index is 1140. The number of rotatable bonds is 3. The largest absolute Gasteiger partial charge is 0.440 e. The third kappa shape index (κ3) is 5.70. The summed E-state index contributed by atoms with van der Waals surface area (Å²) < 4.78 is 5.72. The van der Waals surface area contributed by atoms with Crippen molar-refractivity contribution in [3.8, 4) is 11.6 Å². The first-order valence-electron chi connectivity index (χ1n) is 8.56. The van der Waals surface area contributed by atoms with Gasteiger partial charge in [0.25, 0.3) is 11.1 Å². The zero-order chi connectivity index (χ0) is 20.8. The lowest BCUT2D eigenvalue weighted by Gasteiger charge is -2.12. The molecule has 0 atom stereocenters. The molecule has 148 valence electrons. The number of benzene rings is 1. The van der Waals surface area contributed by atoms with E-state index in [2.05, 4.69) is 15.0 Å². The van der Waals surface area contributed by atoms with Gasteiger partial charge in [0.15, 0.2) is 0 Å². The number of ether oxygens (including phenoxy) is 1. The van der Waals surface area contributed by atoms with Crippen molar-refractivity contribution in [1.82, 2.24) is 19.9 Å². The number of aryl methyl sites for hydroxylation is 2. The van der Waals surface area contributed by atoms with Crippen LogP contribution < -0.4 is 27.2 Å². The van der Waals surface area contributed by atoms with E-state index in [1.807, 2.05) is 50.9 Å². The summed E-state index contributed by atoms with van der Waals surface area (Å²) >= 11 is 0. The van der Waals surface area contributed by atoms with E-state index in [4.69, 9.17) is 4.74 Å². The van der Waals surface area contributed by atoms with Crippen LogP contribution in [0.1, 0.15) is 36.5 Å². The molecule has 0 saturated carbocycles. The molecule has 3 rings (SSSR count). The fraction of sp³-hybridized carbons (Fsp3) is 0.263. The fourth-order valence-corrected chi connectivity index (χ4v) is 2.57. The minimum atomic E-state index is -0.571.